The minimum atomic E-state index is -0.155. The van der Waals surface area contributed by atoms with Gasteiger partial charge in [0.2, 0.25) is 0 Å². The molecule has 0 aromatic heterocycles. The van der Waals surface area contributed by atoms with Crippen molar-refractivity contribution >= 4 is 17.2 Å². The summed E-state index contributed by atoms with van der Waals surface area (Å²) in [5, 5.41) is 6.95. The lowest BCUT2D eigenvalue weighted by atomic mass is 9.91. The van der Waals surface area contributed by atoms with Crippen LogP contribution >= 0.6 is 12.2 Å². The molecule has 5 heteroatoms. The molecular formula is C19H20N2O2S. The van der Waals surface area contributed by atoms with Gasteiger partial charge in [-0.3, -0.25) is 5.32 Å². The van der Waals surface area contributed by atoms with E-state index in [9.17, 15) is 0 Å². The molecule has 2 aliphatic rings. The van der Waals surface area contributed by atoms with Crippen molar-refractivity contribution < 1.29 is 9.47 Å². The van der Waals surface area contributed by atoms with E-state index in [1.807, 2.05) is 37.3 Å². The predicted molar refractivity (Wildman–Crippen MR) is 97.3 cm³/mol. The van der Waals surface area contributed by atoms with Crippen molar-refractivity contribution in [3.63, 3.8) is 0 Å². The van der Waals surface area contributed by atoms with Gasteiger partial charge in [0.25, 0.3) is 0 Å². The highest BCUT2D eigenvalue weighted by Crippen LogP contribution is 2.39. The molecule has 2 aromatic carbocycles. The third kappa shape index (κ3) is 2.74. The maximum Gasteiger partial charge on any atom is 0.166 e. The molecule has 3 unspecified atom stereocenters. The number of hydrogen-bond donors (Lipinski definition) is 2. The Hall–Kier alpha value is -2.11. The van der Waals surface area contributed by atoms with Crippen LogP contribution in [0.25, 0.3) is 0 Å². The fourth-order valence-corrected chi connectivity index (χ4v) is 3.66. The number of rotatable bonds is 3. The van der Waals surface area contributed by atoms with Crippen molar-refractivity contribution in [2.45, 2.75) is 25.7 Å². The molecule has 1 saturated heterocycles. The van der Waals surface area contributed by atoms with E-state index in [0.29, 0.717) is 6.61 Å². The Morgan fingerprint density at radius 2 is 2.00 bits per heavy atom. The molecule has 4 rings (SSSR count). The molecule has 0 radical (unpaired) electrons. The quantitative estimate of drug-likeness (QED) is 0.840. The van der Waals surface area contributed by atoms with E-state index in [-0.39, 0.29) is 18.3 Å². The smallest absolute Gasteiger partial charge is 0.166 e. The molecule has 24 heavy (non-hydrogen) atoms. The monoisotopic (exact) mass is 340 g/mol. The number of hydrogen-bond acceptors (Lipinski definition) is 4. The van der Waals surface area contributed by atoms with Crippen LogP contribution in [0.5, 0.6) is 11.5 Å². The molecule has 2 aliphatic heterocycles. The summed E-state index contributed by atoms with van der Waals surface area (Å²) in [6, 6.07) is 16.3. The minimum Gasteiger partial charge on any atom is -0.490 e. The molecule has 0 aliphatic carbocycles. The third-order valence-corrected chi connectivity index (χ3v) is 4.92. The minimum absolute atomic E-state index is 0.0410. The molecule has 2 heterocycles. The first-order valence-electron chi connectivity index (χ1n) is 8.29. The van der Waals surface area contributed by atoms with E-state index in [1.165, 1.54) is 0 Å². The van der Waals surface area contributed by atoms with Gasteiger partial charge in [0.05, 0.1) is 17.5 Å². The maximum absolute atomic E-state index is 6.28. The van der Waals surface area contributed by atoms with Crippen LogP contribution in [0.4, 0.5) is 0 Å². The van der Waals surface area contributed by atoms with Crippen LogP contribution in [0.2, 0.25) is 0 Å². The van der Waals surface area contributed by atoms with Crippen LogP contribution < -0.4 is 20.1 Å². The molecule has 1 fully saturated rings. The van der Waals surface area contributed by atoms with Crippen molar-refractivity contribution in [3.8, 4) is 11.5 Å². The van der Waals surface area contributed by atoms with Crippen LogP contribution in [-0.2, 0) is 6.42 Å². The first-order chi connectivity index (χ1) is 11.8. The largest absolute Gasteiger partial charge is 0.490 e. The van der Waals surface area contributed by atoms with Crippen LogP contribution in [0.15, 0.2) is 48.5 Å². The van der Waals surface area contributed by atoms with Gasteiger partial charge >= 0.3 is 0 Å². The average Bonchev–Trinajstić information content (AvgIpc) is 2.62. The normalized spacial score (nSPS) is 25.0. The fourth-order valence-electron chi connectivity index (χ4n) is 3.34. The van der Waals surface area contributed by atoms with Gasteiger partial charge in [-0.1, -0.05) is 54.7 Å². The Balaban J connectivity index is 1.62. The fraction of sp³-hybridized carbons (Fsp3) is 0.316. The zero-order chi connectivity index (χ0) is 16.5. The average molecular weight is 340 g/mol. The highest BCUT2D eigenvalue weighted by Gasteiger charge is 2.40. The van der Waals surface area contributed by atoms with Gasteiger partial charge < -0.3 is 14.8 Å². The third-order valence-electron chi connectivity index (χ3n) is 4.50. The molecular weight excluding hydrogens is 320 g/mol. The van der Waals surface area contributed by atoms with Crippen LogP contribution in [0.3, 0.4) is 0 Å². The van der Waals surface area contributed by atoms with Crippen molar-refractivity contribution in [3.05, 3.63) is 59.7 Å². The van der Waals surface area contributed by atoms with Crippen LogP contribution in [-0.4, -0.2) is 17.8 Å². The zero-order valence-electron chi connectivity index (χ0n) is 13.5. The highest BCUT2D eigenvalue weighted by atomic mass is 32.1. The molecule has 0 saturated carbocycles. The van der Waals surface area contributed by atoms with Crippen molar-refractivity contribution in [2.75, 3.05) is 6.61 Å². The van der Waals surface area contributed by atoms with Gasteiger partial charge in [0.1, 0.15) is 6.17 Å². The lowest BCUT2D eigenvalue weighted by Gasteiger charge is -2.42. The second-order valence-electron chi connectivity index (χ2n) is 6.05. The summed E-state index contributed by atoms with van der Waals surface area (Å²) in [6.07, 6.45) is 0.653. The Bertz CT molecular complexity index is 750. The van der Waals surface area contributed by atoms with E-state index >= 15 is 0 Å². The van der Waals surface area contributed by atoms with Crippen molar-refractivity contribution in [1.29, 1.82) is 0 Å². The molecule has 4 nitrogen and oxygen atoms in total. The van der Waals surface area contributed by atoms with E-state index in [0.717, 1.165) is 34.0 Å². The van der Waals surface area contributed by atoms with Gasteiger partial charge in [0, 0.05) is 0 Å². The maximum atomic E-state index is 6.28. The Morgan fingerprint density at radius 3 is 2.79 bits per heavy atom. The molecule has 0 spiro atoms. The summed E-state index contributed by atoms with van der Waals surface area (Å²) in [5.41, 5.74) is 2.29. The Labute approximate surface area is 147 Å². The number of nitrogens with one attached hydrogen (secondary N) is 2. The first kappa shape index (κ1) is 15.4. The summed E-state index contributed by atoms with van der Waals surface area (Å²) in [6.45, 7) is 2.60. The molecule has 0 bridgehead atoms. The van der Waals surface area contributed by atoms with E-state index in [2.05, 4.69) is 28.8 Å². The second kappa shape index (κ2) is 6.42. The lowest BCUT2D eigenvalue weighted by Crippen LogP contribution is -2.60. The van der Waals surface area contributed by atoms with Gasteiger partial charge in [-0.2, -0.15) is 0 Å². The van der Waals surface area contributed by atoms with Crippen molar-refractivity contribution in [2.24, 2.45) is 5.92 Å². The second-order valence-corrected chi connectivity index (χ2v) is 6.49. The highest BCUT2D eigenvalue weighted by molar-refractivity contribution is 7.80. The Kier molecular flexibility index (Phi) is 4.12. The standard InChI is InChI=1S/C19H20N2O2S/c1-2-22-15-10-6-9-13-11-14-18(23-16(13)15)20-17(21-19(14)24)12-7-4-3-5-8-12/h3-10,14,17-18,20H,2,11H2,1H3,(H,21,24). The molecule has 2 N–H and O–H groups in total. The summed E-state index contributed by atoms with van der Waals surface area (Å²) in [7, 11) is 0. The lowest BCUT2D eigenvalue weighted by molar-refractivity contribution is 0.0762. The number of fused-ring (bicyclic) bond motifs is 2. The number of para-hydroxylation sites is 1. The van der Waals surface area contributed by atoms with Gasteiger partial charge in [-0.15, -0.1) is 0 Å². The molecule has 0 amide bonds. The van der Waals surface area contributed by atoms with Crippen LogP contribution in [0, 0.1) is 5.92 Å². The summed E-state index contributed by atoms with van der Waals surface area (Å²) in [4.78, 5) is 0.847. The SMILES string of the molecule is CCOc1cccc2c1OC1NC(c3ccccc3)NC(=S)C1C2. The topological polar surface area (TPSA) is 42.5 Å². The summed E-state index contributed by atoms with van der Waals surface area (Å²) in [5.74, 6) is 1.77. The number of benzene rings is 2. The first-order valence-corrected chi connectivity index (χ1v) is 8.70. The van der Waals surface area contributed by atoms with Crippen molar-refractivity contribution in [1.82, 2.24) is 10.6 Å². The number of ether oxygens (including phenoxy) is 2. The van der Waals surface area contributed by atoms with E-state index < -0.39 is 0 Å². The van der Waals surface area contributed by atoms with E-state index in [4.69, 9.17) is 21.7 Å². The van der Waals surface area contributed by atoms with Gasteiger partial charge in [0.15, 0.2) is 17.7 Å². The summed E-state index contributed by atoms with van der Waals surface area (Å²) < 4.78 is 12.0. The zero-order valence-corrected chi connectivity index (χ0v) is 14.3. The van der Waals surface area contributed by atoms with Crippen LogP contribution in [0.1, 0.15) is 24.2 Å². The van der Waals surface area contributed by atoms with Gasteiger partial charge in [-0.05, 0) is 30.5 Å². The van der Waals surface area contributed by atoms with Gasteiger partial charge in [-0.25, -0.2) is 0 Å². The molecule has 124 valence electrons. The Morgan fingerprint density at radius 1 is 1.17 bits per heavy atom. The predicted octanol–water partition coefficient (Wildman–Crippen LogP) is 3.18. The van der Waals surface area contributed by atoms with E-state index in [1.54, 1.807) is 0 Å². The number of thiocarbonyl (C=S) groups is 1. The molecule has 2 aromatic rings. The summed E-state index contributed by atoms with van der Waals surface area (Å²) >= 11 is 5.63. The molecule has 3 atom stereocenters.